The Balaban J connectivity index is 1.71. The average molecular weight is 509 g/mol. The van der Waals surface area contributed by atoms with Gasteiger partial charge in [0.1, 0.15) is 18.1 Å². The number of carbonyl (C=O) groups is 4. The first-order valence-electron chi connectivity index (χ1n) is 10.9. The van der Waals surface area contributed by atoms with Crippen LogP contribution in [0, 0.1) is 5.92 Å². The molecule has 174 valence electrons. The van der Waals surface area contributed by atoms with E-state index in [0.717, 1.165) is 4.47 Å². The van der Waals surface area contributed by atoms with Gasteiger partial charge < -0.3 is 25.5 Å². The highest BCUT2D eigenvalue weighted by Gasteiger charge is 2.43. The van der Waals surface area contributed by atoms with Gasteiger partial charge in [-0.25, -0.2) is 4.79 Å². The third kappa shape index (κ3) is 5.40. The van der Waals surface area contributed by atoms with Gasteiger partial charge >= 0.3 is 6.09 Å². The van der Waals surface area contributed by atoms with Gasteiger partial charge in [-0.15, -0.1) is 0 Å². The van der Waals surface area contributed by atoms with Crippen LogP contribution in [0.4, 0.5) is 10.5 Å². The molecule has 0 aromatic heterocycles. The lowest BCUT2D eigenvalue weighted by atomic mass is 10.0. The van der Waals surface area contributed by atoms with Crippen LogP contribution in [-0.2, 0) is 14.4 Å². The van der Waals surface area contributed by atoms with E-state index in [0.29, 0.717) is 44.5 Å². The van der Waals surface area contributed by atoms with Crippen molar-refractivity contribution in [3.05, 3.63) is 28.7 Å². The van der Waals surface area contributed by atoms with Gasteiger partial charge in [0, 0.05) is 23.2 Å². The first-order valence-corrected chi connectivity index (χ1v) is 11.6. The molecule has 32 heavy (non-hydrogen) atoms. The maximum atomic E-state index is 13.4. The standard InChI is InChI=1S/C22H29BrN4O5/c1-13(2)18(25-22(31)32)21(30)27-12-4-6-17(27)20(29)26-11-3-5-16(26)19(28)24-15-9-7-14(23)8-10-15/h7-10,13,16-18,25H,3-6,11-12H2,1-2H3,(H,24,28)(H,31,32)/t16-,17-,18-/m0/s1. The molecule has 3 N–H and O–H groups in total. The average Bonchev–Trinajstić information content (AvgIpc) is 3.42. The van der Waals surface area contributed by atoms with Crippen LogP contribution < -0.4 is 10.6 Å². The minimum Gasteiger partial charge on any atom is -0.465 e. The largest absolute Gasteiger partial charge is 0.465 e. The number of rotatable bonds is 6. The third-order valence-corrected chi connectivity index (χ3v) is 6.51. The Morgan fingerprint density at radius 2 is 1.59 bits per heavy atom. The molecule has 0 spiro atoms. The Morgan fingerprint density at radius 1 is 1.00 bits per heavy atom. The van der Waals surface area contributed by atoms with Crippen LogP contribution in [0.1, 0.15) is 39.5 Å². The molecule has 0 unspecified atom stereocenters. The van der Waals surface area contributed by atoms with Crippen molar-refractivity contribution in [2.45, 2.75) is 57.7 Å². The molecule has 0 radical (unpaired) electrons. The second-order valence-electron chi connectivity index (χ2n) is 8.55. The lowest BCUT2D eigenvalue weighted by Gasteiger charge is -2.33. The molecule has 1 aromatic rings. The van der Waals surface area contributed by atoms with E-state index in [1.807, 2.05) is 12.1 Å². The van der Waals surface area contributed by atoms with Gasteiger partial charge in [0.2, 0.25) is 17.7 Å². The van der Waals surface area contributed by atoms with Gasteiger partial charge in [-0.05, 0) is 55.9 Å². The fourth-order valence-corrected chi connectivity index (χ4v) is 4.63. The van der Waals surface area contributed by atoms with Crippen LogP contribution >= 0.6 is 15.9 Å². The smallest absolute Gasteiger partial charge is 0.405 e. The SMILES string of the molecule is CC(C)[C@H](NC(=O)O)C(=O)N1CCC[C@H]1C(=O)N1CCC[C@H]1C(=O)Nc1ccc(Br)cc1. The van der Waals surface area contributed by atoms with Crippen molar-refractivity contribution in [1.82, 2.24) is 15.1 Å². The predicted octanol–water partition coefficient (Wildman–Crippen LogP) is 2.66. The summed E-state index contributed by atoms with van der Waals surface area (Å²) in [5.41, 5.74) is 0.648. The van der Waals surface area contributed by atoms with E-state index >= 15 is 0 Å². The molecule has 2 saturated heterocycles. The van der Waals surface area contributed by atoms with E-state index < -0.39 is 30.1 Å². The van der Waals surface area contributed by atoms with Crippen LogP contribution in [-0.4, -0.2) is 69.9 Å². The number of amides is 4. The number of carbonyl (C=O) groups excluding carboxylic acids is 3. The van der Waals surface area contributed by atoms with Crippen molar-refractivity contribution in [3.63, 3.8) is 0 Å². The van der Waals surface area contributed by atoms with Crippen molar-refractivity contribution in [1.29, 1.82) is 0 Å². The molecule has 0 aliphatic carbocycles. The number of carboxylic acid groups (broad SMARTS) is 1. The van der Waals surface area contributed by atoms with Crippen molar-refractivity contribution >= 4 is 45.4 Å². The van der Waals surface area contributed by atoms with Crippen LogP contribution in [0.2, 0.25) is 0 Å². The van der Waals surface area contributed by atoms with E-state index in [-0.39, 0.29) is 17.7 Å². The maximum absolute atomic E-state index is 13.4. The molecule has 0 bridgehead atoms. The molecule has 2 aliphatic rings. The monoisotopic (exact) mass is 508 g/mol. The van der Waals surface area contributed by atoms with Crippen molar-refractivity contribution in [3.8, 4) is 0 Å². The summed E-state index contributed by atoms with van der Waals surface area (Å²) in [5.74, 6) is -1.15. The molecule has 0 saturated carbocycles. The Labute approximate surface area is 195 Å². The van der Waals surface area contributed by atoms with Gasteiger partial charge in [-0.3, -0.25) is 14.4 Å². The summed E-state index contributed by atoms with van der Waals surface area (Å²) in [7, 11) is 0. The maximum Gasteiger partial charge on any atom is 0.405 e. The summed E-state index contributed by atoms with van der Waals surface area (Å²) in [4.78, 5) is 53.6. The molecule has 9 nitrogen and oxygen atoms in total. The molecular formula is C22H29BrN4O5. The zero-order chi connectivity index (χ0) is 23.4. The lowest BCUT2D eigenvalue weighted by molar-refractivity contribution is -0.147. The minimum absolute atomic E-state index is 0.248. The number of hydrogen-bond acceptors (Lipinski definition) is 4. The van der Waals surface area contributed by atoms with Gasteiger partial charge in [0.05, 0.1) is 0 Å². The first-order chi connectivity index (χ1) is 15.2. The highest BCUT2D eigenvalue weighted by atomic mass is 79.9. The fraction of sp³-hybridized carbons (Fsp3) is 0.545. The number of anilines is 1. The van der Waals surface area contributed by atoms with Gasteiger partial charge in [-0.2, -0.15) is 0 Å². The van der Waals surface area contributed by atoms with E-state index in [1.54, 1.807) is 30.9 Å². The summed E-state index contributed by atoms with van der Waals surface area (Å²) >= 11 is 3.36. The highest BCUT2D eigenvalue weighted by molar-refractivity contribution is 9.10. The van der Waals surface area contributed by atoms with Gasteiger partial charge in [-0.1, -0.05) is 29.8 Å². The summed E-state index contributed by atoms with van der Waals surface area (Å²) < 4.78 is 0.899. The quantitative estimate of drug-likeness (QED) is 0.545. The first kappa shape index (κ1) is 24.0. The van der Waals surface area contributed by atoms with Crippen molar-refractivity contribution < 1.29 is 24.3 Å². The fourth-order valence-electron chi connectivity index (χ4n) is 4.37. The molecule has 2 aliphatic heterocycles. The van der Waals surface area contributed by atoms with E-state index in [1.165, 1.54) is 4.90 Å². The van der Waals surface area contributed by atoms with E-state index in [9.17, 15) is 19.2 Å². The molecule has 1 aromatic carbocycles. The highest BCUT2D eigenvalue weighted by Crippen LogP contribution is 2.27. The Morgan fingerprint density at radius 3 is 2.19 bits per heavy atom. The summed E-state index contributed by atoms with van der Waals surface area (Å²) in [6.07, 6.45) is 1.15. The normalized spacial score (nSPS) is 21.5. The molecule has 3 rings (SSSR count). The summed E-state index contributed by atoms with van der Waals surface area (Å²) in [6, 6.07) is 5.01. The lowest BCUT2D eigenvalue weighted by Crippen LogP contribution is -2.56. The number of nitrogens with one attached hydrogen (secondary N) is 2. The second kappa shape index (κ2) is 10.3. The van der Waals surface area contributed by atoms with E-state index in [4.69, 9.17) is 5.11 Å². The van der Waals surface area contributed by atoms with Crippen LogP contribution in [0.15, 0.2) is 28.7 Å². The topological polar surface area (TPSA) is 119 Å². The molecule has 3 atom stereocenters. The molecule has 4 amide bonds. The second-order valence-corrected chi connectivity index (χ2v) is 9.46. The molecule has 2 heterocycles. The van der Waals surface area contributed by atoms with Crippen LogP contribution in [0.3, 0.4) is 0 Å². The predicted molar refractivity (Wildman–Crippen MR) is 122 cm³/mol. The van der Waals surface area contributed by atoms with Gasteiger partial charge in [0.25, 0.3) is 0 Å². The number of likely N-dealkylation sites (tertiary alicyclic amines) is 2. The zero-order valence-corrected chi connectivity index (χ0v) is 19.8. The number of halogens is 1. The summed E-state index contributed by atoms with van der Waals surface area (Å²) in [6.45, 7) is 4.36. The zero-order valence-electron chi connectivity index (χ0n) is 18.2. The Kier molecular flexibility index (Phi) is 7.76. The Bertz CT molecular complexity index is 876. The molecule has 10 heteroatoms. The van der Waals surface area contributed by atoms with Crippen LogP contribution in [0.25, 0.3) is 0 Å². The molecule has 2 fully saturated rings. The van der Waals surface area contributed by atoms with Crippen molar-refractivity contribution in [2.75, 3.05) is 18.4 Å². The Hall–Kier alpha value is -2.62. The van der Waals surface area contributed by atoms with Crippen LogP contribution in [0.5, 0.6) is 0 Å². The number of nitrogens with zero attached hydrogens (tertiary/aromatic N) is 2. The summed E-state index contributed by atoms with van der Waals surface area (Å²) in [5, 5.41) is 14.2. The molecular weight excluding hydrogens is 480 g/mol. The van der Waals surface area contributed by atoms with Gasteiger partial charge in [0.15, 0.2) is 0 Å². The minimum atomic E-state index is -1.27. The number of hydrogen-bond donors (Lipinski definition) is 3. The number of benzene rings is 1. The van der Waals surface area contributed by atoms with E-state index in [2.05, 4.69) is 26.6 Å². The third-order valence-electron chi connectivity index (χ3n) is 5.98. The van der Waals surface area contributed by atoms with Crippen molar-refractivity contribution in [2.24, 2.45) is 5.92 Å².